The predicted octanol–water partition coefficient (Wildman–Crippen LogP) is 6.25. The average molecular weight is 341 g/mol. The molecule has 0 amide bonds. The van der Waals surface area contributed by atoms with E-state index >= 15 is 0 Å². The van der Waals surface area contributed by atoms with E-state index < -0.39 is 5.97 Å². The van der Waals surface area contributed by atoms with Gasteiger partial charge in [0.15, 0.2) is 0 Å². The largest absolute Gasteiger partial charge is 0.458 e. The average Bonchev–Trinajstić information content (AvgIpc) is 2.53. The van der Waals surface area contributed by atoms with Gasteiger partial charge < -0.3 is 4.74 Å². The summed E-state index contributed by atoms with van der Waals surface area (Å²) < 4.78 is 4.93. The lowest BCUT2D eigenvalue weighted by atomic mass is 9.72. The van der Waals surface area contributed by atoms with Crippen LogP contribution in [0, 0.1) is 5.41 Å². The molecule has 0 radical (unpaired) electrons. The van der Waals surface area contributed by atoms with E-state index in [1.165, 1.54) is 42.1 Å². The maximum absolute atomic E-state index is 11.0. The number of rotatable bonds is 7. The lowest BCUT2D eigenvalue weighted by Gasteiger charge is -2.32. The number of carbonyl (C=O) groups is 1. The number of ether oxygens (including phenoxy) is 1. The highest BCUT2D eigenvalue weighted by molar-refractivity contribution is 5.81. The van der Waals surface area contributed by atoms with E-state index in [2.05, 4.69) is 52.5 Å². The van der Waals surface area contributed by atoms with Crippen LogP contribution < -0.4 is 0 Å². The van der Waals surface area contributed by atoms with Crippen LogP contribution in [0.1, 0.15) is 53.9 Å². The summed E-state index contributed by atoms with van der Waals surface area (Å²) >= 11 is 0. The van der Waals surface area contributed by atoms with Crippen molar-refractivity contribution in [3.8, 4) is 0 Å². The molecule has 0 spiro atoms. The van der Waals surface area contributed by atoms with Gasteiger partial charge in [-0.25, -0.2) is 4.79 Å². The van der Waals surface area contributed by atoms with Gasteiger partial charge in [-0.2, -0.15) is 0 Å². The van der Waals surface area contributed by atoms with Gasteiger partial charge in [-0.15, -0.1) is 0 Å². The fraction of sp³-hybridized carbons (Fsp3) is 0.435. The molecule has 25 heavy (non-hydrogen) atoms. The summed E-state index contributed by atoms with van der Waals surface area (Å²) in [5.41, 5.74) is 5.54. The molecule has 2 nitrogen and oxygen atoms in total. The molecule has 0 N–H and O–H groups in total. The number of esters is 1. The van der Waals surface area contributed by atoms with Crippen molar-refractivity contribution in [2.75, 3.05) is 6.61 Å². The highest BCUT2D eigenvalue weighted by atomic mass is 16.5. The van der Waals surface area contributed by atoms with Gasteiger partial charge >= 0.3 is 5.97 Å². The zero-order valence-corrected chi connectivity index (χ0v) is 16.4. The maximum atomic E-state index is 11.0. The first-order chi connectivity index (χ1) is 11.8. The minimum atomic E-state index is -0.399. The van der Waals surface area contributed by atoms with Crippen LogP contribution in [0.3, 0.4) is 0 Å². The Balaban J connectivity index is 2.64. The van der Waals surface area contributed by atoms with E-state index in [1.807, 2.05) is 25.2 Å². The summed E-state index contributed by atoms with van der Waals surface area (Å²) in [7, 11) is 0. The van der Waals surface area contributed by atoms with E-state index in [-0.39, 0.29) is 12.0 Å². The fourth-order valence-electron chi connectivity index (χ4n) is 3.01. The SMILES string of the molecule is C=CC(=O)OCC=C(C)C=CC=C(C)C=CC1=C(C)CCCC1(C)C. The van der Waals surface area contributed by atoms with Crippen LogP contribution >= 0.6 is 0 Å². The molecule has 0 fully saturated rings. The molecule has 0 aromatic carbocycles. The highest BCUT2D eigenvalue weighted by Crippen LogP contribution is 2.40. The van der Waals surface area contributed by atoms with Crippen molar-refractivity contribution in [3.05, 3.63) is 71.4 Å². The van der Waals surface area contributed by atoms with Crippen LogP contribution in [-0.2, 0) is 9.53 Å². The van der Waals surface area contributed by atoms with E-state index in [1.54, 1.807) is 0 Å². The molecule has 0 bridgehead atoms. The van der Waals surface area contributed by atoms with Gasteiger partial charge in [0.2, 0.25) is 0 Å². The Kier molecular flexibility index (Phi) is 8.40. The van der Waals surface area contributed by atoms with E-state index in [0.717, 1.165) is 5.57 Å². The molecule has 1 aliphatic carbocycles. The van der Waals surface area contributed by atoms with Crippen molar-refractivity contribution >= 4 is 5.97 Å². The zero-order valence-electron chi connectivity index (χ0n) is 16.4. The predicted molar refractivity (Wildman–Crippen MR) is 107 cm³/mol. The number of carbonyl (C=O) groups excluding carboxylic acids is 1. The van der Waals surface area contributed by atoms with Gasteiger partial charge in [0.05, 0.1) is 0 Å². The maximum Gasteiger partial charge on any atom is 0.330 e. The normalized spacial score (nSPS) is 18.9. The van der Waals surface area contributed by atoms with Crippen molar-refractivity contribution in [1.29, 1.82) is 0 Å². The lowest BCUT2D eigenvalue weighted by molar-refractivity contribution is -0.136. The molecule has 0 unspecified atom stereocenters. The van der Waals surface area contributed by atoms with Crippen molar-refractivity contribution in [2.45, 2.75) is 53.9 Å². The molecule has 1 aliphatic rings. The standard InChI is InChI=1S/C23H32O2/c1-7-22(24)25-17-15-19(3)11-8-10-18(2)13-14-21-20(4)12-9-16-23(21,5)6/h7-8,10-11,13-15H,1,9,12,16-17H2,2-6H3. The first kappa shape index (κ1) is 21.0. The first-order valence-corrected chi connectivity index (χ1v) is 8.95. The van der Waals surface area contributed by atoms with Gasteiger partial charge in [-0.05, 0) is 57.1 Å². The second-order valence-electron chi connectivity index (χ2n) is 7.32. The quantitative estimate of drug-likeness (QED) is 0.311. The third kappa shape index (κ3) is 7.55. The zero-order chi connectivity index (χ0) is 18.9. The van der Waals surface area contributed by atoms with Crippen LogP contribution in [0.15, 0.2) is 71.4 Å². The van der Waals surface area contributed by atoms with Crippen LogP contribution in [0.4, 0.5) is 0 Å². The van der Waals surface area contributed by atoms with Gasteiger partial charge in [0.1, 0.15) is 6.61 Å². The lowest BCUT2D eigenvalue weighted by Crippen LogP contribution is -2.19. The summed E-state index contributed by atoms with van der Waals surface area (Å²) in [5.74, 6) is -0.399. The highest BCUT2D eigenvalue weighted by Gasteiger charge is 2.26. The minimum Gasteiger partial charge on any atom is -0.458 e. The monoisotopic (exact) mass is 340 g/mol. The molecule has 0 atom stereocenters. The van der Waals surface area contributed by atoms with Crippen LogP contribution in [0.5, 0.6) is 0 Å². The molecule has 0 saturated carbocycles. The Morgan fingerprint density at radius 3 is 2.60 bits per heavy atom. The third-order valence-corrected chi connectivity index (χ3v) is 4.57. The van der Waals surface area contributed by atoms with Crippen molar-refractivity contribution in [1.82, 2.24) is 0 Å². The van der Waals surface area contributed by atoms with Crippen molar-refractivity contribution in [2.24, 2.45) is 5.41 Å². The summed E-state index contributed by atoms with van der Waals surface area (Å²) in [4.78, 5) is 11.0. The van der Waals surface area contributed by atoms with Crippen LogP contribution in [0.25, 0.3) is 0 Å². The molecule has 0 aliphatic heterocycles. The number of hydrogen-bond acceptors (Lipinski definition) is 2. The summed E-state index contributed by atoms with van der Waals surface area (Å²) in [5, 5.41) is 0. The van der Waals surface area contributed by atoms with Gasteiger partial charge in [-0.3, -0.25) is 0 Å². The summed E-state index contributed by atoms with van der Waals surface area (Å²) in [6.07, 6.45) is 17.4. The topological polar surface area (TPSA) is 26.3 Å². The number of allylic oxidation sites excluding steroid dienone is 9. The van der Waals surface area contributed by atoms with E-state index in [0.29, 0.717) is 0 Å². The van der Waals surface area contributed by atoms with Crippen LogP contribution in [-0.4, -0.2) is 12.6 Å². The van der Waals surface area contributed by atoms with Gasteiger partial charge in [0.25, 0.3) is 0 Å². The molecule has 0 aromatic rings. The van der Waals surface area contributed by atoms with E-state index in [4.69, 9.17) is 4.74 Å². The molecular weight excluding hydrogens is 308 g/mol. The van der Waals surface area contributed by atoms with E-state index in [9.17, 15) is 4.79 Å². The Hall–Kier alpha value is -2.09. The Morgan fingerprint density at radius 1 is 1.24 bits per heavy atom. The van der Waals surface area contributed by atoms with Crippen molar-refractivity contribution < 1.29 is 9.53 Å². The molecule has 0 saturated heterocycles. The first-order valence-electron chi connectivity index (χ1n) is 8.95. The van der Waals surface area contributed by atoms with Gasteiger partial charge in [0, 0.05) is 6.08 Å². The molecule has 1 rings (SSSR count). The summed E-state index contributed by atoms with van der Waals surface area (Å²) in [6, 6.07) is 0. The van der Waals surface area contributed by atoms with Crippen LogP contribution in [0.2, 0.25) is 0 Å². The molecule has 2 heteroatoms. The van der Waals surface area contributed by atoms with Crippen molar-refractivity contribution in [3.63, 3.8) is 0 Å². The minimum absolute atomic E-state index is 0.270. The molecule has 0 aromatic heterocycles. The molecular formula is C23H32O2. The van der Waals surface area contributed by atoms with Gasteiger partial charge in [-0.1, -0.05) is 67.5 Å². The number of hydrogen-bond donors (Lipinski definition) is 0. The Labute approximate surface area is 153 Å². The smallest absolute Gasteiger partial charge is 0.330 e. The molecule has 0 heterocycles. The third-order valence-electron chi connectivity index (χ3n) is 4.57. The Bertz CT molecular complexity index is 637. The second kappa shape index (κ2) is 10.0. The second-order valence-corrected chi connectivity index (χ2v) is 7.32. The molecule has 136 valence electrons. The Morgan fingerprint density at radius 2 is 1.96 bits per heavy atom. The summed E-state index contributed by atoms with van der Waals surface area (Å²) in [6.45, 7) is 14.7. The fourth-order valence-corrected chi connectivity index (χ4v) is 3.01.